The van der Waals surface area contributed by atoms with Gasteiger partial charge in [-0.15, -0.1) is 0 Å². The summed E-state index contributed by atoms with van der Waals surface area (Å²) in [6, 6.07) is 14.4. The number of aromatic nitrogens is 4. The van der Waals surface area contributed by atoms with Crippen molar-refractivity contribution >= 4 is 28.2 Å². The molecule has 0 aliphatic heterocycles. The lowest BCUT2D eigenvalue weighted by Crippen LogP contribution is -2.30. The highest BCUT2D eigenvalue weighted by atomic mass is 16.4. The predicted octanol–water partition coefficient (Wildman–Crippen LogP) is 2.92. The Hall–Kier alpha value is -3.94. The lowest BCUT2D eigenvalue weighted by atomic mass is 10.1. The molecule has 0 aliphatic carbocycles. The highest BCUT2D eigenvalue weighted by molar-refractivity contribution is 5.97. The first-order valence-electron chi connectivity index (χ1n) is 7.75. The van der Waals surface area contributed by atoms with E-state index in [1.54, 1.807) is 36.7 Å². The lowest BCUT2D eigenvalue weighted by molar-refractivity contribution is 0.204. The average Bonchev–Trinajstić information content (AvgIpc) is 3.17. The van der Waals surface area contributed by atoms with E-state index in [-0.39, 0.29) is 11.6 Å². The van der Waals surface area contributed by atoms with Crippen LogP contribution in [0, 0.1) is 0 Å². The number of amides is 1. The zero-order chi connectivity index (χ0) is 18.1. The number of nitrogens with one attached hydrogen (secondary N) is 1. The highest BCUT2D eigenvalue weighted by Gasteiger charge is 2.21. The van der Waals surface area contributed by atoms with Gasteiger partial charge in [0.1, 0.15) is 5.69 Å². The van der Waals surface area contributed by atoms with Crippen molar-refractivity contribution in [2.75, 3.05) is 4.90 Å². The van der Waals surface area contributed by atoms with E-state index in [4.69, 9.17) is 0 Å². The van der Waals surface area contributed by atoms with Gasteiger partial charge in [-0.05, 0) is 29.0 Å². The average molecular weight is 347 g/mol. The maximum atomic E-state index is 12.5. The molecule has 8 nitrogen and oxygen atoms in total. The van der Waals surface area contributed by atoms with E-state index < -0.39 is 11.7 Å². The number of benzene rings is 2. The number of H-pyrrole nitrogens is 1. The molecule has 1 amide bonds. The van der Waals surface area contributed by atoms with Crippen molar-refractivity contribution in [1.82, 2.24) is 19.7 Å². The minimum atomic E-state index is -1.28. The Morgan fingerprint density at radius 3 is 2.62 bits per heavy atom. The molecule has 2 heterocycles. The first-order valence-corrected chi connectivity index (χ1v) is 7.75. The van der Waals surface area contributed by atoms with Gasteiger partial charge in [0.15, 0.2) is 0 Å². The minimum absolute atomic E-state index is 0.0938. The van der Waals surface area contributed by atoms with Crippen LogP contribution in [0.15, 0.2) is 71.9 Å². The molecule has 2 aromatic heterocycles. The number of carbonyl (C=O) groups is 1. The Kier molecular flexibility index (Phi) is 3.70. The van der Waals surface area contributed by atoms with Crippen LogP contribution in [-0.4, -0.2) is 30.9 Å². The Bertz CT molecular complexity index is 1150. The summed E-state index contributed by atoms with van der Waals surface area (Å²) in [4.78, 5) is 31.9. The third-order valence-electron chi connectivity index (χ3n) is 3.91. The van der Waals surface area contributed by atoms with E-state index in [0.29, 0.717) is 5.69 Å². The first kappa shape index (κ1) is 15.6. The molecule has 0 spiro atoms. The summed E-state index contributed by atoms with van der Waals surface area (Å²) < 4.78 is 1.38. The van der Waals surface area contributed by atoms with Crippen LogP contribution in [0.1, 0.15) is 0 Å². The summed E-state index contributed by atoms with van der Waals surface area (Å²) in [6.45, 7) is 0. The number of anilines is 2. The van der Waals surface area contributed by atoms with E-state index in [1.807, 2.05) is 24.3 Å². The third-order valence-corrected chi connectivity index (χ3v) is 3.91. The van der Waals surface area contributed by atoms with Crippen molar-refractivity contribution in [3.05, 3.63) is 77.5 Å². The van der Waals surface area contributed by atoms with Crippen LogP contribution in [0.25, 0.3) is 16.7 Å². The van der Waals surface area contributed by atoms with Gasteiger partial charge >= 0.3 is 6.09 Å². The maximum Gasteiger partial charge on any atom is 0.416 e. The van der Waals surface area contributed by atoms with Gasteiger partial charge in [0.2, 0.25) is 5.95 Å². The van der Waals surface area contributed by atoms with Crippen molar-refractivity contribution in [2.45, 2.75) is 0 Å². The van der Waals surface area contributed by atoms with Crippen molar-refractivity contribution in [3.63, 3.8) is 0 Å². The largest absolute Gasteiger partial charge is 0.464 e. The minimum Gasteiger partial charge on any atom is -0.464 e. The standard InChI is InChI=1S/C18H13N5O3/c24-16-15(11-19-17(21-16)22-9-3-8-20-22)23(18(25)26)14-7-6-12-4-1-2-5-13(12)10-14/h1-11H,(H,25,26)(H,19,21,24). The molecule has 4 aromatic rings. The molecule has 8 heteroatoms. The second-order valence-electron chi connectivity index (χ2n) is 5.52. The number of carboxylic acid groups (broad SMARTS) is 1. The molecule has 128 valence electrons. The van der Waals surface area contributed by atoms with Gasteiger partial charge in [-0.2, -0.15) is 5.10 Å². The summed E-state index contributed by atoms with van der Waals surface area (Å²) >= 11 is 0. The van der Waals surface area contributed by atoms with Gasteiger partial charge in [-0.3, -0.25) is 9.78 Å². The van der Waals surface area contributed by atoms with Crippen LogP contribution >= 0.6 is 0 Å². The molecule has 0 bridgehead atoms. The van der Waals surface area contributed by atoms with Crippen LogP contribution in [0.4, 0.5) is 16.2 Å². The molecule has 0 radical (unpaired) electrons. The molecule has 2 N–H and O–H groups in total. The number of hydrogen-bond acceptors (Lipinski definition) is 4. The summed E-state index contributed by atoms with van der Waals surface area (Å²) in [6.07, 6.45) is 3.11. The molecule has 2 aromatic carbocycles. The van der Waals surface area contributed by atoms with Crippen molar-refractivity contribution < 1.29 is 9.90 Å². The van der Waals surface area contributed by atoms with Gasteiger partial charge in [0.25, 0.3) is 5.56 Å². The van der Waals surface area contributed by atoms with Gasteiger partial charge in [-0.25, -0.2) is 19.4 Å². The number of hydrogen-bond donors (Lipinski definition) is 2. The summed E-state index contributed by atoms with van der Waals surface area (Å²) in [5.41, 5.74) is -0.319. The van der Waals surface area contributed by atoms with Crippen molar-refractivity contribution in [3.8, 4) is 5.95 Å². The Labute approximate surface area is 147 Å². The number of fused-ring (bicyclic) bond motifs is 1. The Morgan fingerprint density at radius 2 is 1.92 bits per heavy atom. The summed E-state index contributed by atoms with van der Waals surface area (Å²) in [7, 11) is 0. The van der Waals surface area contributed by atoms with E-state index in [0.717, 1.165) is 15.7 Å². The fourth-order valence-corrected chi connectivity index (χ4v) is 2.72. The van der Waals surface area contributed by atoms with E-state index in [9.17, 15) is 14.7 Å². The highest BCUT2D eigenvalue weighted by Crippen LogP contribution is 2.26. The fraction of sp³-hybridized carbons (Fsp3) is 0. The van der Waals surface area contributed by atoms with Crippen LogP contribution in [0.3, 0.4) is 0 Å². The fourth-order valence-electron chi connectivity index (χ4n) is 2.72. The van der Waals surface area contributed by atoms with E-state index in [2.05, 4.69) is 15.1 Å². The van der Waals surface area contributed by atoms with Gasteiger partial charge in [-0.1, -0.05) is 30.3 Å². The monoisotopic (exact) mass is 347 g/mol. The van der Waals surface area contributed by atoms with Crippen LogP contribution in [0.5, 0.6) is 0 Å². The molecule has 0 saturated heterocycles. The molecular weight excluding hydrogens is 334 g/mol. The van der Waals surface area contributed by atoms with Gasteiger partial charge < -0.3 is 5.11 Å². The van der Waals surface area contributed by atoms with Crippen LogP contribution in [-0.2, 0) is 0 Å². The Morgan fingerprint density at radius 1 is 1.12 bits per heavy atom. The molecule has 0 atom stereocenters. The molecule has 0 aliphatic rings. The molecule has 0 fully saturated rings. The third kappa shape index (κ3) is 2.69. The number of nitrogens with zero attached hydrogens (tertiary/aromatic N) is 4. The number of aromatic amines is 1. The van der Waals surface area contributed by atoms with Gasteiger partial charge in [0.05, 0.1) is 11.9 Å². The first-order chi connectivity index (χ1) is 12.6. The molecule has 4 rings (SSSR count). The van der Waals surface area contributed by atoms with Gasteiger partial charge in [0, 0.05) is 12.4 Å². The second-order valence-corrected chi connectivity index (χ2v) is 5.52. The smallest absolute Gasteiger partial charge is 0.416 e. The molecular formula is C18H13N5O3. The summed E-state index contributed by atoms with van der Waals surface area (Å²) in [5.74, 6) is 0.201. The zero-order valence-corrected chi connectivity index (χ0v) is 13.4. The topological polar surface area (TPSA) is 104 Å². The number of rotatable bonds is 3. The predicted molar refractivity (Wildman–Crippen MR) is 96.1 cm³/mol. The maximum absolute atomic E-state index is 12.5. The van der Waals surface area contributed by atoms with Crippen molar-refractivity contribution in [2.24, 2.45) is 0 Å². The van der Waals surface area contributed by atoms with Crippen molar-refractivity contribution in [1.29, 1.82) is 0 Å². The van der Waals surface area contributed by atoms with Crippen LogP contribution < -0.4 is 10.5 Å². The lowest BCUT2D eigenvalue weighted by Gasteiger charge is -2.19. The molecule has 0 unspecified atom stereocenters. The molecule has 26 heavy (non-hydrogen) atoms. The Balaban J connectivity index is 1.81. The van der Waals surface area contributed by atoms with E-state index >= 15 is 0 Å². The SMILES string of the molecule is O=C(O)N(c1ccc2ccccc2c1)c1cnc(-n2cccn2)[nH]c1=O. The quantitative estimate of drug-likeness (QED) is 0.593. The second kappa shape index (κ2) is 6.17. The molecule has 0 saturated carbocycles. The normalized spacial score (nSPS) is 10.8. The zero-order valence-electron chi connectivity index (χ0n) is 13.4. The van der Waals surface area contributed by atoms with E-state index in [1.165, 1.54) is 10.9 Å². The summed E-state index contributed by atoms with van der Waals surface area (Å²) in [5, 5.41) is 15.5. The van der Waals surface area contributed by atoms with Crippen LogP contribution in [0.2, 0.25) is 0 Å².